The fourth-order valence-electron chi connectivity index (χ4n) is 3.74. The minimum atomic E-state index is -0.550. The first-order valence-electron chi connectivity index (χ1n) is 10.9. The van der Waals surface area contributed by atoms with Crippen LogP contribution in [0.3, 0.4) is 0 Å². The number of nitrogens with one attached hydrogen (secondary N) is 2. The summed E-state index contributed by atoms with van der Waals surface area (Å²) in [7, 11) is 3.88. The largest absolute Gasteiger partial charge is 0.486 e. The molecule has 9 heteroatoms. The van der Waals surface area contributed by atoms with Crippen LogP contribution in [0.25, 0.3) is 0 Å². The molecule has 0 fully saturated rings. The van der Waals surface area contributed by atoms with E-state index in [2.05, 4.69) is 10.6 Å². The van der Waals surface area contributed by atoms with Crippen LogP contribution in [0.1, 0.15) is 24.2 Å². The molecule has 3 N–H and O–H groups in total. The van der Waals surface area contributed by atoms with Gasteiger partial charge >= 0.3 is 6.03 Å². The van der Waals surface area contributed by atoms with Crippen LogP contribution in [-0.4, -0.2) is 72.8 Å². The number of urea groups is 1. The number of halogens is 1. The van der Waals surface area contributed by atoms with E-state index in [-0.39, 0.29) is 36.3 Å². The van der Waals surface area contributed by atoms with E-state index < -0.39 is 11.8 Å². The van der Waals surface area contributed by atoms with Crippen LogP contribution < -0.4 is 15.4 Å². The highest BCUT2D eigenvalue weighted by Gasteiger charge is 2.34. The van der Waals surface area contributed by atoms with Crippen LogP contribution in [-0.2, 0) is 0 Å². The molecule has 3 atom stereocenters. The van der Waals surface area contributed by atoms with E-state index in [4.69, 9.17) is 4.74 Å². The number of likely N-dealkylation sites (N-methyl/N-ethyl adjacent to an activating group) is 1. The number of ether oxygens (including phenoxy) is 1. The number of hydrogen-bond acceptors (Lipinski definition) is 5. The van der Waals surface area contributed by atoms with Gasteiger partial charge in [0.15, 0.2) is 5.75 Å². The molecule has 0 unspecified atom stereocenters. The Morgan fingerprint density at radius 3 is 2.58 bits per heavy atom. The molecule has 0 saturated carbocycles. The summed E-state index contributed by atoms with van der Waals surface area (Å²) in [5.41, 5.74) is 1.08. The normalized spacial score (nSPS) is 19.2. The summed E-state index contributed by atoms with van der Waals surface area (Å²) in [4.78, 5) is 29.7. The lowest BCUT2D eigenvalue weighted by Gasteiger charge is -2.38. The van der Waals surface area contributed by atoms with E-state index in [1.165, 1.54) is 24.3 Å². The zero-order valence-electron chi connectivity index (χ0n) is 19.3. The molecule has 1 heterocycles. The number of fused-ring (bicyclic) bond motifs is 1. The van der Waals surface area contributed by atoms with Crippen molar-refractivity contribution in [3.05, 3.63) is 53.8 Å². The van der Waals surface area contributed by atoms with Crippen LogP contribution in [0.4, 0.5) is 20.6 Å². The van der Waals surface area contributed by atoms with Gasteiger partial charge in [-0.25, -0.2) is 9.18 Å². The number of hydrogen-bond donors (Lipinski definition) is 3. The summed E-state index contributed by atoms with van der Waals surface area (Å²) in [6.45, 7) is 4.67. The molecule has 1 aliphatic heterocycles. The highest BCUT2D eigenvalue weighted by atomic mass is 19.1. The number of benzene rings is 2. The van der Waals surface area contributed by atoms with Crippen LogP contribution in [0, 0.1) is 11.7 Å². The average molecular weight is 459 g/mol. The van der Waals surface area contributed by atoms with Crippen molar-refractivity contribution in [1.82, 2.24) is 9.80 Å². The third-order valence-electron chi connectivity index (χ3n) is 5.59. The van der Waals surface area contributed by atoms with Gasteiger partial charge in [0.2, 0.25) is 0 Å². The van der Waals surface area contributed by atoms with Crippen LogP contribution in [0.2, 0.25) is 0 Å². The van der Waals surface area contributed by atoms with Crippen LogP contribution >= 0.6 is 0 Å². The maximum atomic E-state index is 13.4. The Bertz CT molecular complexity index is 983. The molecule has 0 saturated heterocycles. The number of anilines is 2. The number of carbonyl (C=O) groups excluding carboxylic acids is 2. The first-order valence-corrected chi connectivity index (χ1v) is 10.9. The van der Waals surface area contributed by atoms with Gasteiger partial charge in [0.1, 0.15) is 11.9 Å². The van der Waals surface area contributed by atoms with Gasteiger partial charge in [-0.2, -0.15) is 0 Å². The zero-order chi connectivity index (χ0) is 24.1. The number of para-hydroxylation sites is 1. The molecule has 178 valence electrons. The van der Waals surface area contributed by atoms with Gasteiger partial charge in [-0.3, -0.25) is 4.79 Å². The average Bonchev–Trinajstić information content (AvgIpc) is 2.77. The molecule has 33 heavy (non-hydrogen) atoms. The quantitative estimate of drug-likeness (QED) is 0.618. The monoisotopic (exact) mass is 458 g/mol. The first-order chi connectivity index (χ1) is 15.7. The minimum absolute atomic E-state index is 0.0282. The van der Waals surface area contributed by atoms with Crippen molar-refractivity contribution in [2.24, 2.45) is 5.92 Å². The molecule has 1 aliphatic rings. The number of aliphatic hydroxyl groups excluding tert-OH is 1. The number of amides is 3. The Balaban J connectivity index is 1.95. The fourth-order valence-corrected chi connectivity index (χ4v) is 3.74. The van der Waals surface area contributed by atoms with E-state index in [1.807, 2.05) is 25.9 Å². The zero-order valence-corrected chi connectivity index (χ0v) is 19.3. The smallest absolute Gasteiger partial charge is 0.323 e. The number of nitrogens with zero attached hydrogens (tertiary/aromatic N) is 2. The van der Waals surface area contributed by atoms with Gasteiger partial charge in [-0.05, 0) is 57.4 Å². The highest BCUT2D eigenvalue weighted by molar-refractivity contribution is 6.04. The predicted molar refractivity (Wildman–Crippen MR) is 125 cm³/mol. The molecule has 0 aromatic heterocycles. The van der Waals surface area contributed by atoms with Gasteiger partial charge in [0.25, 0.3) is 5.91 Å². The molecule has 0 bridgehead atoms. The lowest BCUT2D eigenvalue weighted by molar-refractivity contribution is 0.0365. The Kier molecular flexibility index (Phi) is 7.88. The van der Waals surface area contributed by atoms with Gasteiger partial charge in [-0.1, -0.05) is 13.0 Å². The van der Waals surface area contributed by atoms with Gasteiger partial charge in [-0.15, -0.1) is 0 Å². The van der Waals surface area contributed by atoms with Crippen LogP contribution in [0.15, 0.2) is 42.5 Å². The van der Waals surface area contributed by atoms with E-state index in [0.29, 0.717) is 30.0 Å². The predicted octanol–water partition coefficient (Wildman–Crippen LogP) is 3.25. The summed E-state index contributed by atoms with van der Waals surface area (Å²) in [6, 6.07) is 9.47. The SMILES string of the molecule is C[C@@H]1CN([C@@H](C)CO)C(=O)c2cccc(NC(=O)Nc3ccc(F)cc3)c2O[C@H]1CN(C)C. The van der Waals surface area contributed by atoms with Gasteiger partial charge in [0, 0.05) is 24.7 Å². The number of carbonyl (C=O) groups is 2. The van der Waals surface area contributed by atoms with Crippen molar-refractivity contribution >= 4 is 23.3 Å². The topological polar surface area (TPSA) is 94.1 Å². The Morgan fingerprint density at radius 2 is 1.94 bits per heavy atom. The molecular formula is C24H31FN4O4. The summed E-state index contributed by atoms with van der Waals surface area (Å²) >= 11 is 0. The molecule has 2 aromatic rings. The first kappa shape index (κ1) is 24.5. The summed E-state index contributed by atoms with van der Waals surface area (Å²) in [6.07, 6.45) is -0.261. The summed E-state index contributed by atoms with van der Waals surface area (Å²) in [5.74, 6) is -0.422. The van der Waals surface area contributed by atoms with Crippen molar-refractivity contribution in [3.8, 4) is 5.75 Å². The van der Waals surface area contributed by atoms with E-state index in [9.17, 15) is 19.1 Å². The minimum Gasteiger partial charge on any atom is -0.486 e. The van der Waals surface area contributed by atoms with E-state index >= 15 is 0 Å². The molecule has 0 aliphatic carbocycles. The summed E-state index contributed by atoms with van der Waals surface area (Å²) in [5, 5.41) is 15.1. The third kappa shape index (κ3) is 6.00. The highest BCUT2D eigenvalue weighted by Crippen LogP contribution is 2.35. The Labute approximate surface area is 193 Å². The second kappa shape index (κ2) is 10.6. The summed E-state index contributed by atoms with van der Waals surface area (Å²) < 4.78 is 19.5. The van der Waals surface area contributed by atoms with Gasteiger partial charge in [0.05, 0.1) is 23.9 Å². The maximum absolute atomic E-state index is 13.4. The van der Waals surface area contributed by atoms with E-state index in [0.717, 1.165) is 0 Å². The van der Waals surface area contributed by atoms with Crippen molar-refractivity contribution < 1.29 is 23.8 Å². The lowest BCUT2D eigenvalue weighted by atomic mass is 9.99. The molecule has 3 amide bonds. The third-order valence-corrected chi connectivity index (χ3v) is 5.59. The number of aliphatic hydroxyl groups is 1. The van der Waals surface area contributed by atoms with Crippen molar-refractivity contribution in [2.75, 3.05) is 44.4 Å². The molecule has 0 spiro atoms. The Hall–Kier alpha value is -3.17. The van der Waals surface area contributed by atoms with Crippen molar-refractivity contribution in [1.29, 1.82) is 0 Å². The standard InChI is InChI=1S/C24H31FN4O4/c1-15-12-29(16(2)14-30)23(31)19-6-5-7-20(22(19)33-21(15)13-28(3)4)27-24(32)26-18-10-8-17(25)9-11-18/h5-11,15-16,21,30H,12-14H2,1-4H3,(H2,26,27,32)/t15-,16+,21+/m1/s1. The Morgan fingerprint density at radius 1 is 1.24 bits per heavy atom. The lowest BCUT2D eigenvalue weighted by Crippen LogP contribution is -2.49. The van der Waals surface area contributed by atoms with Gasteiger partial charge < -0.3 is 30.3 Å². The molecule has 8 nitrogen and oxygen atoms in total. The number of rotatable bonds is 6. The maximum Gasteiger partial charge on any atom is 0.323 e. The molecular weight excluding hydrogens is 427 g/mol. The fraction of sp³-hybridized carbons (Fsp3) is 0.417. The van der Waals surface area contributed by atoms with E-state index in [1.54, 1.807) is 30.0 Å². The molecule has 2 aromatic carbocycles. The molecule has 3 rings (SSSR count). The van der Waals surface area contributed by atoms with Crippen LogP contribution in [0.5, 0.6) is 5.75 Å². The molecule has 0 radical (unpaired) electrons. The van der Waals surface area contributed by atoms with Crippen molar-refractivity contribution in [2.45, 2.75) is 26.0 Å². The second-order valence-electron chi connectivity index (χ2n) is 8.65. The van der Waals surface area contributed by atoms with Crippen molar-refractivity contribution in [3.63, 3.8) is 0 Å². The second-order valence-corrected chi connectivity index (χ2v) is 8.65.